The number of anilines is 2. The first kappa shape index (κ1) is 25.0. The summed E-state index contributed by atoms with van der Waals surface area (Å²) in [7, 11) is 1.58. The number of ether oxygens (including phenoxy) is 1. The summed E-state index contributed by atoms with van der Waals surface area (Å²) in [5.74, 6) is 0.293. The molecule has 1 aromatic carbocycles. The van der Waals surface area contributed by atoms with Crippen molar-refractivity contribution in [3.63, 3.8) is 0 Å². The quantitative estimate of drug-likeness (QED) is 0.382. The van der Waals surface area contributed by atoms with Gasteiger partial charge in [-0.05, 0) is 47.5 Å². The number of H-pyrrole nitrogens is 1. The highest BCUT2D eigenvalue weighted by atomic mass is 32.2. The number of carbonyl (C=O) groups excluding carboxylic acids is 1. The molecule has 2 heterocycles. The number of hydrogen-bond acceptors (Lipinski definition) is 9. The first-order valence-electron chi connectivity index (χ1n) is 10.9. The second kappa shape index (κ2) is 11.5. The van der Waals surface area contributed by atoms with Gasteiger partial charge < -0.3 is 15.4 Å². The lowest BCUT2D eigenvalue weighted by atomic mass is 10.2. The number of aromatic nitrogens is 6. The smallest absolute Gasteiger partial charge is 0.330 e. The third-order valence-corrected chi connectivity index (χ3v) is 5.95. The zero-order valence-corrected chi connectivity index (χ0v) is 20.2. The van der Waals surface area contributed by atoms with Gasteiger partial charge in [-0.25, -0.2) is 4.79 Å². The van der Waals surface area contributed by atoms with Crippen LogP contribution in [0.25, 0.3) is 5.69 Å². The Balaban J connectivity index is 1.86. The number of hydrogen-bond donors (Lipinski definition) is 2. The number of methoxy groups -OCH3 is 1. The molecule has 0 aliphatic heterocycles. The van der Waals surface area contributed by atoms with Crippen molar-refractivity contribution in [2.75, 3.05) is 30.0 Å². The monoisotopic (exact) mass is 488 g/mol. The van der Waals surface area contributed by atoms with Gasteiger partial charge in [0.1, 0.15) is 11.6 Å². The second-order valence-corrected chi connectivity index (χ2v) is 8.35. The molecule has 3 aromatic rings. The molecule has 3 rings (SSSR count). The third kappa shape index (κ3) is 5.47. The predicted molar refractivity (Wildman–Crippen MR) is 130 cm³/mol. The van der Waals surface area contributed by atoms with Crippen molar-refractivity contribution < 1.29 is 9.53 Å². The molecule has 2 aromatic heterocycles. The largest absolute Gasteiger partial charge is 0.497 e. The molecule has 0 radical (unpaired) electrons. The molecule has 0 atom stereocenters. The van der Waals surface area contributed by atoms with Gasteiger partial charge in [0.2, 0.25) is 11.1 Å². The minimum Gasteiger partial charge on any atom is -0.497 e. The highest BCUT2D eigenvalue weighted by molar-refractivity contribution is 7.99. The number of carbonyl (C=O) groups is 1. The lowest BCUT2D eigenvalue weighted by Gasteiger charge is -2.24. The van der Waals surface area contributed by atoms with E-state index < -0.39 is 11.2 Å². The van der Waals surface area contributed by atoms with E-state index >= 15 is 0 Å². The predicted octanol–water partition coefficient (Wildman–Crippen LogP) is 1.44. The van der Waals surface area contributed by atoms with Gasteiger partial charge in [0.25, 0.3) is 5.56 Å². The van der Waals surface area contributed by atoms with Crippen LogP contribution >= 0.6 is 11.8 Å². The van der Waals surface area contributed by atoms with Crippen LogP contribution in [0, 0.1) is 0 Å². The fourth-order valence-corrected chi connectivity index (χ4v) is 4.09. The Morgan fingerprint density at radius 3 is 2.59 bits per heavy atom. The van der Waals surface area contributed by atoms with Crippen LogP contribution in [-0.2, 0) is 11.3 Å². The van der Waals surface area contributed by atoms with Crippen molar-refractivity contribution in [3.05, 3.63) is 45.1 Å². The number of amides is 1. The molecule has 3 N–H and O–H groups in total. The van der Waals surface area contributed by atoms with Crippen LogP contribution in [0.3, 0.4) is 0 Å². The number of nitrogens with two attached hydrogens (primary N) is 1. The first-order valence-corrected chi connectivity index (χ1v) is 11.9. The second-order valence-electron chi connectivity index (χ2n) is 7.40. The molecule has 0 unspecified atom stereocenters. The zero-order valence-electron chi connectivity index (χ0n) is 19.4. The van der Waals surface area contributed by atoms with E-state index in [1.54, 1.807) is 31.4 Å². The van der Waals surface area contributed by atoms with E-state index in [-0.39, 0.29) is 29.7 Å². The number of nitrogen functional groups attached to an aromatic ring is 1. The number of nitrogens with one attached hydrogen (secondary N) is 1. The van der Waals surface area contributed by atoms with E-state index in [1.807, 2.05) is 13.8 Å². The highest BCUT2D eigenvalue weighted by Gasteiger charge is 2.24. The number of thioether (sulfide) groups is 1. The van der Waals surface area contributed by atoms with Crippen molar-refractivity contribution in [3.8, 4) is 11.4 Å². The summed E-state index contributed by atoms with van der Waals surface area (Å²) < 4.78 is 7.96. The van der Waals surface area contributed by atoms with Crippen molar-refractivity contribution in [2.45, 2.75) is 44.8 Å². The van der Waals surface area contributed by atoms with Crippen LogP contribution in [-0.4, -0.2) is 55.1 Å². The van der Waals surface area contributed by atoms with Crippen molar-refractivity contribution in [2.24, 2.45) is 0 Å². The standard InChI is InChI=1S/C21H28N8O4S/c1-4-6-12-27(17-18(22)28(11-5-2)20(32)23-19(17)31)16(30)13-34-21-24-25-26-29(21)14-7-9-15(33-3)10-8-14/h7-10H,4-6,11-13,22H2,1-3H3,(H,23,31,32). The number of benzene rings is 1. The van der Waals surface area contributed by atoms with E-state index in [1.165, 1.54) is 14.1 Å². The molecule has 182 valence electrons. The van der Waals surface area contributed by atoms with Gasteiger partial charge in [-0.15, -0.1) is 5.10 Å². The normalized spacial score (nSPS) is 10.9. The summed E-state index contributed by atoms with van der Waals surface area (Å²) in [6.45, 7) is 4.48. The molecule has 12 nitrogen and oxygen atoms in total. The maximum absolute atomic E-state index is 13.2. The van der Waals surface area contributed by atoms with Gasteiger partial charge in [0.15, 0.2) is 5.69 Å². The molecule has 0 saturated carbocycles. The van der Waals surface area contributed by atoms with Crippen LogP contribution in [0.5, 0.6) is 5.75 Å². The van der Waals surface area contributed by atoms with Gasteiger partial charge in [-0.2, -0.15) is 4.68 Å². The van der Waals surface area contributed by atoms with E-state index in [2.05, 4.69) is 20.5 Å². The molecule has 13 heteroatoms. The molecule has 0 fully saturated rings. The van der Waals surface area contributed by atoms with E-state index in [0.717, 1.165) is 18.2 Å². The third-order valence-electron chi connectivity index (χ3n) is 5.05. The van der Waals surface area contributed by atoms with Crippen molar-refractivity contribution in [1.82, 2.24) is 29.8 Å². The SMILES string of the molecule is CCCCN(C(=O)CSc1nnnn1-c1ccc(OC)cc1)c1c(N)n(CCC)c(=O)[nH]c1=O. The van der Waals surface area contributed by atoms with Crippen LogP contribution in [0.4, 0.5) is 11.5 Å². The summed E-state index contributed by atoms with van der Waals surface area (Å²) in [6, 6.07) is 7.16. The molecule has 1 amide bonds. The number of aromatic amines is 1. The topological polar surface area (TPSA) is 154 Å². The van der Waals surface area contributed by atoms with Crippen LogP contribution in [0.1, 0.15) is 33.1 Å². The molecule has 0 bridgehead atoms. The fourth-order valence-electron chi connectivity index (χ4n) is 3.32. The average Bonchev–Trinajstić information content (AvgIpc) is 3.31. The minimum absolute atomic E-state index is 0.0122. The Bertz CT molecular complexity index is 1230. The van der Waals surface area contributed by atoms with Gasteiger partial charge in [0, 0.05) is 13.1 Å². The summed E-state index contributed by atoms with van der Waals surface area (Å²) in [4.78, 5) is 41.7. The summed E-state index contributed by atoms with van der Waals surface area (Å²) in [5, 5.41) is 12.1. The summed E-state index contributed by atoms with van der Waals surface area (Å²) in [5.41, 5.74) is 5.60. The molecule has 0 spiro atoms. The first-order chi connectivity index (χ1) is 16.4. The van der Waals surface area contributed by atoms with E-state index in [9.17, 15) is 14.4 Å². The minimum atomic E-state index is -0.688. The lowest BCUT2D eigenvalue weighted by Crippen LogP contribution is -2.42. The zero-order chi connectivity index (χ0) is 24.7. The van der Waals surface area contributed by atoms with Gasteiger partial charge in [-0.3, -0.25) is 19.1 Å². The van der Waals surface area contributed by atoms with Gasteiger partial charge in [-0.1, -0.05) is 32.0 Å². The Kier molecular flexibility index (Phi) is 8.46. The summed E-state index contributed by atoms with van der Waals surface area (Å²) >= 11 is 1.14. The molecular formula is C21H28N8O4S. The van der Waals surface area contributed by atoms with E-state index in [0.29, 0.717) is 36.0 Å². The fraction of sp³-hybridized carbons (Fsp3) is 0.429. The Morgan fingerprint density at radius 2 is 1.94 bits per heavy atom. The van der Waals surface area contributed by atoms with E-state index in [4.69, 9.17) is 10.5 Å². The number of nitrogens with zero attached hydrogens (tertiary/aromatic N) is 6. The Morgan fingerprint density at radius 1 is 1.21 bits per heavy atom. The van der Waals surface area contributed by atoms with Crippen LogP contribution in [0.15, 0.2) is 39.0 Å². The summed E-state index contributed by atoms with van der Waals surface area (Å²) in [6.07, 6.45) is 2.10. The maximum atomic E-state index is 13.2. The number of unbranched alkanes of at least 4 members (excludes halogenated alkanes) is 1. The Hall–Kier alpha value is -3.61. The van der Waals surface area contributed by atoms with Gasteiger partial charge >= 0.3 is 5.69 Å². The maximum Gasteiger partial charge on any atom is 0.330 e. The van der Waals surface area contributed by atoms with Crippen molar-refractivity contribution >= 4 is 29.2 Å². The van der Waals surface area contributed by atoms with Crippen molar-refractivity contribution in [1.29, 1.82) is 0 Å². The highest BCUT2D eigenvalue weighted by Crippen LogP contribution is 2.23. The molecular weight excluding hydrogens is 460 g/mol. The Labute approximate surface area is 200 Å². The van der Waals surface area contributed by atoms with Crippen LogP contribution < -0.4 is 26.6 Å². The molecule has 0 aliphatic rings. The average molecular weight is 489 g/mol. The number of rotatable bonds is 11. The molecule has 34 heavy (non-hydrogen) atoms. The molecule has 0 aliphatic carbocycles. The lowest BCUT2D eigenvalue weighted by molar-refractivity contribution is -0.116. The van der Waals surface area contributed by atoms with Gasteiger partial charge in [0.05, 0.1) is 18.6 Å². The number of tetrazole rings is 1. The molecule has 0 saturated heterocycles. The van der Waals surface area contributed by atoms with Crippen LogP contribution in [0.2, 0.25) is 0 Å².